The fraction of sp³-hybridized carbons (Fsp3) is 0.533. The summed E-state index contributed by atoms with van der Waals surface area (Å²) in [6.45, 7) is -0.0748. The second-order valence-electron chi connectivity index (χ2n) is 5.54. The number of nitrogens with zero attached hydrogens (tertiary/aromatic N) is 1. The van der Waals surface area contributed by atoms with Crippen molar-refractivity contribution < 1.29 is 32.2 Å². The summed E-state index contributed by atoms with van der Waals surface area (Å²) in [5, 5.41) is 0. The van der Waals surface area contributed by atoms with E-state index < -0.39 is 18.0 Å². The van der Waals surface area contributed by atoms with E-state index in [9.17, 15) is 13.2 Å². The summed E-state index contributed by atoms with van der Waals surface area (Å²) in [4.78, 5) is 9.75. The number of hydrogen-bond acceptors (Lipinski definition) is 6. The van der Waals surface area contributed by atoms with E-state index in [-0.39, 0.29) is 19.4 Å². The van der Waals surface area contributed by atoms with Gasteiger partial charge in [-0.05, 0) is 18.2 Å². The molecule has 1 fully saturated rings. The molecule has 0 aliphatic carbocycles. The molecule has 2 atom stereocenters. The molecule has 1 N–H and O–H groups in total. The van der Waals surface area contributed by atoms with Crippen LogP contribution in [-0.2, 0) is 9.57 Å². The van der Waals surface area contributed by atoms with Crippen molar-refractivity contribution in [2.45, 2.75) is 30.8 Å². The van der Waals surface area contributed by atoms with Crippen molar-refractivity contribution in [3.05, 3.63) is 23.8 Å². The molecule has 1 aromatic rings. The Morgan fingerprint density at radius 1 is 1.25 bits per heavy atom. The minimum Gasteiger partial charge on any atom is -0.493 e. The smallest absolute Gasteiger partial charge is 0.414 e. The molecule has 2 unspecified atom stereocenters. The molecule has 2 heterocycles. The zero-order valence-corrected chi connectivity index (χ0v) is 13.1. The number of aliphatic imine (C=N–C) groups is 1. The average Bonchev–Trinajstić information content (AvgIpc) is 2.96. The van der Waals surface area contributed by atoms with E-state index in [1.54, 1.807) is 18.2 Å². The van der Waals surface area contributed by atoms with E-state index in [4.69, 9.17) is 19.0 Å². The highest BCUT2D eigenvalue weighted by Gasteiger charge is 2.51. The van der Waals surface area contributed by atoms with Gasteiger partial charge in [0.2, 0.25) is 0 Å². The quantitative estimate of drug-likeness (QED) is 0.911. The number of nitrogens with one attached hydrogen (secondary N) is 1. The van der Waals surface area contributed by atoms with Crippen molar-refractivity contribution in [1.82, 2.24) is 5.48 Å². The third-order valence-electron chi connectivity index (χ3n) is 3.99. The fourth-order valence-corrected chi connectivity index (χ4v) is 2.72. The standard InChI is InChI=1S/C15H17F3N2O4/c1-21-10-4-3-9(7-11(10)22-2)13-19-14(24-20-13)5-6-23-12(8-14)15(16,17)18/h3-4,7,12H,5-6,8H2,1-2H3,(H,19,20). The van der Waals surface area contributed by atoms with Gasteiger partial charge in [0.05, 0.1) is 20.8 Å². The van der Waals surface area contributed by atoms with Crippen LogP contribution >= 0.6 is 0 Å². The third kappa shape index (κ3) is 3.13. The van der Waals surface area contributed by atoms with Gasteiger partial charge < -0.3 is 14.2 Å². The zero-order valence-electron chi connectivity index (χ0n) is 13.1. The fourth-order valence-electron chi connectivity index (χ4n) is 2.72. The van der Waals surface area contributed by atoms with Gasteiger partial charge in [0.15, 0.2) is 29.2 Å². The predicted molar refractivity (Wildman–Crippen MR) is 78.1 cm³/mol. The first-order valence-corrected chi connectivity index (χ1v) is 7.31. The molecular weight excluding hydrogens is 329 g/mol. The Bertz CT molecular complexity index is 650. The maximum Gasteiger partial charge on any atom is 0.414 e. The van der Waals surface area contributed by atoms with Crippen LogP contribution in [0, 0.1) is 0 Å². The Kier molecular flexibility index (Phi) is 4.31. The monoisotopic (exact) mass is 346 g/mol. The molecule has 1 aromatic carbocycles. The highest BCUT2D eigenvalue weighted by molar-refractivity contribution is 5.99. The van der Waals surface area contributed by atoms with E-state index in [2.05, 4.69) is 10.5 Å². The molecule has 6 nitrogen and oxygen atoms in total. The molecule has 2 aliphatic rings. The van der Waals surface area contributed by atoms with Gasteiger partial charge in [-0.15, -0.1) is 0 Å². The molecular formula is C15H17F3N2O4. The predicted octanol–water partition coefficient (Wildman–Crippen LogP) is 2.42. The largest absolute Gasteiger partial charge is 0.493 e. The molecule has 24 heavy (non-hydrogen) atoms. The molecule has 9 heteroatoms. The van der Waals surface area contributed by atoms with Crippen LogP contribution in [0.1, 0.15) is 18.4 Å². The van der Waals surface area contributed by atoms with Gasteiger partial charge in [-0.25, -0.2) is 15.3 Å². The Hall–Kier alpha value is -2.00. The number of amidine groups is 1. The minimum atomic E-state index is -4.45. The van der Waals surface area contributed by atoms with Gasteiger partial charge in [-0.2, -0.15) is 13.2 Å². The van der Waals surface area contributed by atoms with Gasteiger partial charge in [0.1, 0.15) is 0 Å². The van der Waals surface area contributed by atoms with Gasteiger partial charge >= 0.3 is 6.18 Å². The van der Waals surface area contributed by atoms with Crippen molar-refractivity contribution in [3.8, 4) is 11.5 Å². The van der Waals surface area contributed by atoms with E-state index in [0.29, 0.717) is 22.9 Å². The summed E-state index contributed by atoms with van der Waals surface area (Å²) in [6, 6.07) is 5.08. The minimum absolute atomic E-state index is 0.0748. The SMILES string of the molecule is COc1ccc(C2=NC3(CCOC(C(F)(F)F)C3)ON2)cc1OC. The summed E-state index contributed by atoms with van der Waals surface area (Å²) in [5.74, 6) is 1.37. The van der Waals surface area contributed by atoms with Crippen LogP contribution in [0.4, 0.5) is 13.2 Å². The first-order chi connectivity index (χ1) is 11.4. The third-order valence-corrected chi connectivity index (χ3v) is 3.99. The van der Waals surface area contributed by atoms with Crippen LogP contribution in [0.2, 0.25) is 0 Å². The Morgan fingerprint density at radius 2 is 2.00 bits per heavy atom. The topological polar surface area (TPSA) is 61.3 Å². The van der Waals surface area contributed by atoms with Crippen LogP contribution in [0.25, 0.3) is 0 Å². The van der Waals surface area contributed by atoms with Crippen molar-refractivity contribution in [1.29, 1.82) is 0 Å². The average molecular weight is 346 g/mol. The lowest BCUT2D eigenvalue weighted by Crippen LogP contribution is -2.46. The van der Waals surface area contributed by atoms with Gasteiger partial charge in [-0.1, -0.05) is 0 Å². The number of hydrogen-bond donors (Lipinski definition) is 1. The molecule has 1 saturated heterocycles. The summed E-state index contributed by atoms with van der Waals surface area (Å²) in [5.41, 5.74) is 1.97. The number of halogens is 3. The first kappa shape index (κ1) is 16.8. The number of ether oxygens (including phenoxy) is 3. The van der Waals surface area contributed by atoms with Gasteiger partial charge in [-0.3, -0.25) is 0 Å². The van der Waals surface area contributed by atoms with Gasteiger partial charge in [0.25, 0.3) is 0 Å². The summed E-state index contributed by atoms with van der Waals surface area (Å²) < 4.78 is 53.9. The molecule has 0 bridgehead atoms. The van der Waals surface area contributed by atoms with Crippen molar-refractivity contribution in [2.75, 3.05) is 20.8 Å². The Morgan fingerprint density at radius 3 is 2.67 bits per heavy atom. The van der Waals surface area contributed by atoms with E-state index in [1.165, 1.54) is 14.2 Å². The number of rotatable bonds is 3. The summed E-state index contributed by atoms with van der Waals surface area (Å²) >= 11 is 0. The van der Waals surface area contributed by atoms with E-state index in [0.717, 1.165) is 0 Å². The molecule has 1 spiro atoms. The van der Waals surface area contributed by atoms with Gasteiger partial charge in [0, 0.05) is 18.4 Å². The maximum absolute atomic E-state index is 12.9. The lowest BCUT2D eigenvalue weighted by atomic mass is 9.99. The normalized spacial score (nSPS) is 26.9. The van der Waals surface area contributed by atoms with Crippen LogP contribution in [0.5, 0.6) is 11.5 Å². The Labute approximate surface area is 136 Å². The Balaban J connectivity index is 1.85. The highest BCUT2D eigenvalue weighted by Crippen LogP contribution is 2.39. The molecule has 0 amide bonds. The van der Waals surface area contributed by atoms with E-state index >= 15 is 0 Å². The van der Waals surface area contributed by atoms with Crippen LogP contribution in [-0.4, -0.2) is 44.7 Å². The van der Waals surface area contributed by atoms with Crippen molar-refractivity contribution in [3.63, 3.8) is 0 Å². The molecule has 132 valence electrons. The second-order valence-corrected chi connectivity index (χ2v) is 5.54. The summed E-state index contributed by atoms with van der Waals surface area (Å²) in [7, 11) is 3.01. The molecule has 2 aliphatic heterocycles. The first-order valence-electron chi connectivity index (χ1n) is 7.31. The second kappa shape index (κ2) is 6.14. The van der Waals surface area contributed by atoms with Crippen LogP contribution in [0.15, 0.2) is 23.2 Å². The van der Waals surface area contributed by atoms with Crippen molar-refractivity contribution in [2.24, 2.45) is 4.99 Å². The number of methoxy groups -OCH3 is 2. The number of alkyl halides is 3. The molecule has 0 aromatic heterocycles. The lowest BCUT2D eigenvalue weighted by Gasteiger charge is -2.34. The van der Waals surface area contributed by atoms with E-state index in [1.807, 2.05) is 0 Å². The maximum atomic E-state index is 12.9. The van der Waals surface area contributed by atoms with Crippen LogP contribution < -0.4 is 15.0 Å². The number of benzene rings is 1. The molecule has 3 rings (SSSR count). The highest BCUT2D eigenvalue weighted by atomic mass is 19.4. The van der Waals surface area contributed by atoms with Crippen LogP contribution in [0.3, 0.4) is 0 Å². The molecule has 0 saturated carbocycles. The zero-order chi connectivity index (χ0) is 17.4. The number of hydroxylamine groups is 1. The molecule has 0 radical (unpaired) electrons. The van der Waals surface area contributed by atoms with Crippen molar-refractivity contribution >= 4 is 5.84 Å². The summed E-state index contributed by atoms with van der Waals surface area (Å²) in [6.07, 6.45) is -6.48. The lowest BCUT2D eigenvalue weighted by molar-refractivity contribution is -0.258.